The number of esters is 1. The van der Waals surface area contributed by atoms with Gasteiger partial charge in [0.1, 0.15) is 5.75 Å². The Morgan fingerprint density at radius 3 is 2.42 bits per heavy atom. The summed E-state index contributed by atoms with van der Waals surface area (Å²) >= 11 is 3.31. The highest BCUT2D eigenvalue weighted by Crippen LogP contribution is 2.26. The molecule has 9 nitrogen and oxygen atoms in total. The number of halogens is 1. The maximum absolute atomic E-state index is 12.2. The van der Waals surface area contributed by atoms with Crippen LogP contribution in [0, 0.1) is 10.1 Å². The number of nitro benzene ring substituents is 1. The van der Waals surface area contributed by atoms with Crippen LogP contribution in [-0.4, -0.2) is 29.1 Å². The Balaban J connectivity index is 1.54. The first kappa shape index (κ1) is 23.6. The van der Waals surface area contributed by atoms with E-state index in [2.05, 4.69) is 26.5 Å². The van der Waals surface area contributed by atoms with Gasteiger partial charge in [-0.3, -0.25) is 14.9 Å². The molecule has 3 aromatic carbocycles. The number of rotatable bonds is 8. The maximum Gasteiger partial charge on any atom is 0.344 e. The summed E-state index contributed by atoms with van der Waals surface area (Å²) in [5.74, 6) is -0.739. The summed E-state index contributed by atoms with van der Waals surface area (Å²) in [5, 5.41) is 14.9. The molecule has 0 fully saturated rings. The monoisotopic (exact) mass is 511 g/mol. The molecule has 0 aliphatic heterocycles. The second kappa shape index (κ2) is 11.0. The van der Waals surface area contributed by atoms with Crippen LogP contribution in [0.25, 0.3) is 0 Å². The number of carbonyl (C=O) groups is 2. The third-order valence-electron chi connectivity index (χ3n) is 4.31. The predicted molar refractivity (Wildman–Crippen MR) is 124 cm³/mol. The zero-order valence-corrected chi connectivity index (χ0v) is 18.9. The van der Waals surface area contributed by atoms with Gasteiger partial charge in [0.2, 0.25) is 0 Å². The largest absolute Gasteiger partial charge is 0.474 e. The van der Waals surface area contributed by atoms with E-state index in [0.717, 1.165) is 0 Å². The molecule has 0 spiro atoms. The van der Waals surface area contributed by atoms with Gasteiger partial charge in [-0.2, -0.15) is 5.10 Å². The van der Waals surface area contributed by atoms with E-state index in [9.17, 15) is 19.7 Å². The fraction of sp³-hybridized carbons (Fsp3) is 0.0870. The van der Waals surface area contributed by atoms with Crippen molar-refractivity contribution < 1.29 is 24.0 Å². The Morgan fingerprint density at radius 2 is 1.73 bits per heavy atom. The van der Waals surface area contributed by atoms with Crippen LogP contribution in [0.3, 0.4) is 0 Å². The van der Waals surface area contributed by atoms with E-state index in [4.69, 9.17) is 9.47 Å². The first-order valence-electron chi connectivity index (χ1n) is 9.65. The summed E-state index contributed by atoms with van der Waals surface area (Å²) in [6, 6.07) is 19.2. The SMILES string of the molecule is CC(Oc1ccccc1[N+](=O)[O-])C(=O)N/N=C/c1ccc(OC(=O)c2ccccc2Br)cc1. The second-order valence-corrected chi connectivity index (χ2v) is 7.51. The highest BCUT2D eigenvalue weighted by molar-refractivity contribution is 9.10. The summed E-state index contributed by atoms with van der Waals surface area (Å²) in [5.41, 5.74) is 3.13. The van der Waals surface area contributed by atoms with Gasteiger partial charge in [0.15, 0.2) is 11.9 Å². The highest BCUT2D eigenvalue weighted by Gasteiger charge is 2.20. The van der Waals surface area contributed by atoms with Gasteiger partial charge in [-0.25, -0.2) is 10.2 Å². The predicted octanol–water partition coefficient (Wildman–Crippen LogP) is 4.49. The Kier molecular flexibility index (Phi) is 7.87. The molecule has 0 heterocycles. The van der Waals surface area contributed by atoms with Crippen LogP contribution in [-0.2, 0) is 4.79 Å². The van der Waals surface area contributed by atoms with Gasteiger partial charge in [-0.15, -0.1) is 0 Å². The minimum absolute atomic E-state index is 0.0122. The van der Waals surface area contributed by atoms with Crippen molar-refractivity contribution in [2.75, 3.05) is 0 Å². The van der Waals surface area contributed by atoms with Crippen LogP contribution in [0.2, 0.25) is 0 Å². The van der Waals surface area contributed by atoms with Crippen molar-refractivity contribution in [3.05, 3.63) is 98.5 Å². The minimum atomic E-state index is -1.01. The van der Waals surface area contributed by atoms with E-state index in [1.165, 1.54) is 31.3 Å². The van der Waals surface area contributed by atoms with E-state index >= 15 is 0 Å². The molecule has 0 aliphatic rings. The lowest BCUT2D eigenvalue weighted by molar-refractivity contribution is -0.386. The molecule has 3 rings (SSSR count). The Bertz CT molecular complexity index is 1200. The number of nitro groups is 1. The van der Waals surface area contributed by atoms with Gasteiger partial charge in [0.05, 0.1) is 16.7 Å². The second-order valence-electron chi connectivity index (χ2n) is 6.66. The van der Waals surface area contributed by atoms with E-state index in [0.29, 0.717) is 21.3 Å². The molecule has 0 saturated carbocycles. The third kappa shape index (κ3) is 6.47. The Hall–Kier alpha value is -4.05. The quantitative estimate of drug-likeness (QED) is 0.156. The van der Waals surface area contributed by atoms with Gasteiger partial charge in [0.25, 0.3) is 5.91 Å². The van der Waals surface area contributed by atoms with E-state index in [1.807, 2.05) is 0 Å². The van der Waals surface area contributed by atoms with Gasteiger partial charge in [-0.1, -0.05) is 24.3 Å². The number of ether oxygens (including phenoxy) is 2. The number of carbonyl (C=O) groups excluding carboxylic acids is 2. The number of hydrogen-bond acceptors (Lipinski definition) is 7. The van der Waals surface area contributed by atoms with Crippen molar-refractivity contribution in [3.63, 3.8) is 0 Å². The minimum Gasteiger partial charge on any atom is -0.474 e. The van der Waals surface area contributed by atoms with Crippen LogP contribution in [0.5, 0.6) is 11.5 Å². The smallest absolute Gasteiger partial charge is 0.344 e. The van der Waals surface area contributed by atoms with Crippen molar-refractivity contribution in [1.29, 1.82) is 0 Å². The molecular weight excluding hydrogens is 494 g/mol. The summed E-state index contributed by atoms with van der Waals surface area (Å²) < 4.78 is 11.4. The lowest BCUT2D eigenvalue weighted by Crippen LogP contribution is -2.33. The number of hydrogen-bond donors (Lipinski definition) is 1. The molecule has 0 saturated heterocycles. The number of hydrazone groups is 1. The summed E-state index contributed by atoms with van der Waals surface area (Å²) in [6.07, 6.45) is 0.386. The van der Waals surface area contributed by atoms with Crippen molar-refractivity contribution in [2.45, 2.75) is 13.0 Å². The molecule has 1 unspecified atom stereocenters. The first-order chi connectivity index (χ1) is 15.8. The molecule has 0 radical (unpaired) electrons. The van der Waals surface area contributed by atoms with Gasteiger partial charge < -0.3 is 9.47 Å². The number of nitrogens with one attached hydrogen (secondary N) is 1. The van der Waals surface area contributed by atoms with Crippen LogP contribution >= 0.6 is 15.9 Å². The van der Waals surface area contributed by atoms with E-state index in [-0.39, 0.29) is 11.4 Å². The fourth-order valence-electron chi connectivity index (χ4n) is 2.62. The number of para-hydroxylation sites is 2. The third-order valence-corrected chi connectivity index (χ3v) is 5.00. The number of benzene rings is 3. The lowest BCUT2D eigenvalue weighted by Gasteiger charge is -2.12. The molecule has 0 aliphatic carbocycles. The average molecular weight is 512 g/mol. The molecule has 168 valence electrons. The average Bonchev–Trinajstić information content (AvgIpc) is 2.80. The summed E-state index contributed by atoms with van der Waals surface area (Å²) in [4.78, 5) is 34.9. The zero-order chi connectivity index (χ0) is 23.8. The van der Waals surface area contributed by atoms with E-state index < -0.39 is 22.9 Å². The van der Waals surface area contributed by atoms with Crippen molar-refractivity contribution in [2.24, 2.45) is 5.10 Å². The lowest BCUT2D eigenvalue weighted by atomic mass is 10.2. The van der Waals surface area contributed by atoms with Crippen molar-refractivity contribution in [3.8, 4) is 11.5 Å². The topological polar surface area (TPSA) is 120 Å². The van der Waals surface area contributed by atoms with Gasteiger partial charge in [-0.05, 0) is 70.9 Å². The summed E-state index contributed by atoms with van der Waals surface area (Å²) in [6.45, 7) is 1.45. The molecule has 1 amide bonds. The standard InChI is InChI=1S/C23H18BrN3O6/c1-15(32-21-9-5-4-8-20(21)27(30)31)22(28)26-25-14-16-10-12-17(13-11-16)33-23(29)18-6-2-3-7-19(18)24/h2-15H,1H3,(H,26,28)/b25-14+. The molecule has 3 aromatic rings. The Morgan fingerprint density at radius 1 is 1.06 bits per heavy atom. The molecule has 0 bridgehead atoms. The maximum atomic E-state index is 12.2. The van der Waals surface area contributed by atoms with Crippen LogP contribution in [0.4, 0.5) is 5.69 Å². The van der Waals surface area contributed by atoms with Crippen LogP contribution < -0.4 is 14.9 Å². The number of nitrogens with zero attached hydrogens (tertiary/aromatic N) is 2. The van der Waals surface area contributed by atoms with Gasteiger partial charge in [0, 0.05) is 10.5 Å². The van der Waals surface area contributed by atoms with Crippen molar-refractivity contribution in [1.82, 2.24) is 5.43 Å². The van der Waals surface area contributed by atoms with Crippen LogP contribution in [0.1, 0.15) is 22.8 Å². The Labute approximate surface area is 197 Å². The molecular formula is C23H18BrN3O6. The molecule has 1 atom stereocenters. The van der Waals surface area contributed by atoms with Crippen molar-refractivity contribution >= 4 is 39.7 Å². The highest BCUT2D eigenvalue weighted by atomic mass is 79.9. The first-order valence-corrected chi connectivity index (χ1v) is 10.4. The summed E-state index contributed by atoms with van der Waals surface area (Å²) in [7, 11) is 0. The zero-order valence-electron chi connectivity index (χ0n) is 17.3. The van der Waals surface area contributed by atoms with E-state index in [1.54, 1.807) is 54.6 Å². The molecule has 1 N–H and O–H groups in total. The normalized spacial score (nSPS) is 11.6. The fourth-order valence-corrected chi connectivity index (χ4v) is 3.07. The molecule has 33 heavy (non-hydrogen) atoms. The van der Waals surface area contributed by atoms with Gasteiger partial charge >= 0.3 is 11.7 Å². The molecule has 10 heteroatoms. The number of amides is 1. The van der Waals surface area contributed by atoms with Crippen LogP contribution in [0.15, 0.2) is 82.4 Å². The molecule has 0 aromatic heterocycles.